The molecular weight excluding hydrogens is 216 g/mol. The molecule has 5 N–H and O–H groups in total. The summed E-state index contributed by atoms with van der Waals surface area (Å²) in [4.78, 5) is 18.0. The van der Waals surface area contributed by atoms with E-state index >= 15 is 0 Å². The van der Waals surface area contributed by atoms with Crippen LogP contribution in [0.4, 0.5) is 5.95 Å². The molecule has 0 saturated carbocycles. The Labute approximate surface area is 98.5 Å². The molecule has 0 unspecified atom stereocenters. The third kappa shape index (κ3) is 2.51. The second kappa shape index (κ2) is 4.80. The van der Waals surface area contributed by atoms with Crippen LogP contribution in [-0.2, 0) is 6.42 Å². The highest BCUT2D eigenvalue weighted by atomic mass is 16.1. The van der Waals surface area contributed by atoms with Gasteiger partial charge in [0, 0.05) is 6.20 Å². The van der Waals surface area contributed by atoms with Crippen molar-refractivity contribution in [3.05, 3.63) is 46.4 Å². The van der Waals surface area contributed by atoms with Gasteiger partial charge in [0.1, 0.15) is 0 Å². The molecule has 0 fully saturated rings. The second-order valence-electron chi connectivity index (χ2n) is 3.75. The molecule has 0 bridgehead atoms. The molecule has 0 aliphatic heterocycles. The van der Waals surface area contributed by atoms with Gasteiger partial charge in [0.2, 0.25) is 0 Å². The van der Waals surface area contributed by atoms with Crippen molar-refractivity contribution in [3.63, 3.8) is 0 Å². The lowest BCUT2D eigenvalue weighted by Crippen LogP contribution is -2.12. The molecule has 5 heteroatoms. The van der Waals surface area contributed by atoms with Gasteiger partial charge in [-0.15, -0.1) is 0 Å². The Bertz CT molecular complexity index is 559. The van der Waals surface area contributed by atoms with Crippen LogP contribution in [0, 0.1) is 0 Å². The van der Waals surface area contributed by atoms with Gasteiger partial charge in [-0.25, -0.2) is 4.98 Å². The summed E-state index contributed by atoms with van der Waals surface area (Å²) in [5, 5.41) is 0. The van der Waals surface area contributed by atoms with Gasteiger partial charge in [0.05, 0.1) is 5.56 Å². The molecule has 1 aromatic heterocycles. The summed E-state index contributed by atoms with van der Waals surface area (Å²) in [6, 6.07) is 7.68. The summed E-state index contributed by atoms with van der Waals surface area (Å²) in [6.45, 7) is 0.614. The lowest BCUT2D eigenvalue weighted by Gasteiger charge is -2.03. The topological polar surface area (TPSA) is 97.8 Å². The number of nitrogens with one attached hydrogen (secondary N) is 1. The number of nitrogen functional groups attached to an aromatic ring is 1. The summed E-state index contributed by atoms with van der Waals surface area (Å²) in [5.74, 6) is 0.124. The molecule has 0 radical (unpaired) electrons. The molecule has 1 aromatic carbocycles. The molecule has 17 heavy (non-hydrogen) atoms. The van der Waals surface area contributed by atoms with Crippen molar-refractivity contribution < 1.29 is 0 Å². The maximum Gasteiger partial charge on any atom is 0.260 e. The fourth-order valence-electron chi connectivity index (χ4n) is 1.63. The number of hydrogen-bond donors (Lipinski definition) is 3. The van der Waals surface area contributed by atoms with Crippen LogP contribution < -0.4 is 17.0 Å². The van der Waals surface area contributed by atoms with Crippen LogP contribution in [-0.4, -0.2) is 16.5 Å². The van der Waals surface area contributed by atoms with Crippen LogP contribution in [0.3, 0.4) is 0 Å². The highest BCUT2D eigenvalue weighted by molar-refractivity contribution is 5.62. The monoisotopic (exact) mass is 230 g/mol. The number of nitrogens with two attached hydrogens (primary N) is 2. The average molecular weight is 230 g/mol. The van der Waals surface area contributed by atoms with Gasteiger partial charge in [0.15, 0.2) is 5.95 Å². The molecule has 0 amide bonds. The smallest absolute Gasteiger partial charge is 0.260 e. The molecule has 1 heterocycles. The highest BCUT2D eigenvalue weighted by Crippen LogP contribution is 2.15. The Morgan fingerprint density at radius 2 is 1.94 bits per heavy atom. The number of aromatic nitrogens is 2. The van der Waals surface area contributed by atoms with Crippen LogP contribution in [0.15, 0.2) is 35.3 Å². The molecule has 2 aromatic rings. The van der Waals surface area contributed by atoms with E-state index in [0.29, 0.717) is 12.1 Å². The summed E-state index contributed by atoms with van der Waals surface area (Å²) < 4.78 is 0. The third-order valence-electron chi connectivity index (χ3n) is 2.52. The van der Waals surface area contributed by atoms with Crippen molar-refractivity contribution in [2.45, 2.75) is 6.42 Å². The first-order valence-electron chi connectivity index (χ1n) is 5.35. The SMILES string of the molecule is NCCc1ccc(-c2cnc(N)[nH]c2=O)cc1. The third-order valence-corrected chi connectivity index (χ3v) is 2.52. The summed E-state index contributed by atoms with van der Waals surface area (Å²) in [5.41, 5.74) is 13.1. The lowest BCUT2D eigenvalue weighted by molar-refractivity contribution is 0.969. The van der Waals surface area contributed by atoms with E-state index in [1.807, 2.05) is 24.3 Å². The van der Waals surface area contributed by atoms with Crippen LogP contribution in [0.2, 0.25) is 0 Å². The maximum atomic E-state index is 11.7. The van der Waals surface area contributed by atoms with E-state index in [4.69, 9.17) is 11.5 Å². The predicted molar refractivity (Wildman–Crippen MR) is 67.5 cm³/mol. The number of anilines is 1. The van der Waals surface area contributed by atoms with E-state index in [0.717, 1.165) is 17.5 Å². The van der Waals surface area contributed by atoms with Gasteiger partial charge >= 0.3 is 0 Å². The zero-order valence-electron chi connectivity index (χ0n) is 9.31. The van der Waals surface area contributed by atoms with Crippen LogP contribution >= 0.6 is 0 Å². The largest absolute Gasteiger partial charge is 0.369 e. The van der Waals surface area contributed by atoms with E-state index < -0.39 is 0 Å². The number of hydrogen-bond acceptors (Lipinski definition) is 4. The van der Waals surface area contributed by atoms with E-state index in [1.54, 1.807) is 0 Å². The minimum atomic E-state index is -0.232. The Balaban J connectivity index is 2.36. The lowest BCUT2D eigenvalue weighted by atomic mass is 10.1. The number of aromatic amines is 1. The Hall–Kier alpha value is -2.14. The number of benzene rings is 1. The van der Waals surface area contributed by atoms with Gasteiger partial charge in [-0.2, -0.15) is 0 Å². The van der Waals surface area contributed by atoms with Crippen LogP contribution in [0.25, 0.3) is 11.1 Å². The number of H-pyrrole nitrogens is 1. The van der Waals surface area contributed by atoms with E-state index in [9.17, 15) is 4.79 Å². The van der Waals surface area contributed by atoms with Gasteiger partial charge in [-0.05, 0) is 24.1 Å². The first-order chi connectivity index (χ1) is 8.20. The maximum absolute atomic E-state index is 11.7. The van der Waals surface area contributed by atoms with Crippen LogP contribution in [0.1, 0.15) is 5.56 Å². The number of nitrogens with zero attached hydrogens (tertiary/aromatic N) is 1. The first kappa shape index (κ1) is 11.3. The van der Waals surface area contributed by atoms with E-state index in [1.165, 1.54) is 6.20 Å². The number of rotatable bonds is 3. The summed E-state index contributed by atoms with van der Waals surface area (Å²) >= 11 is 0. The molecule has 0 atom stereocenters. The Morgan fingerprint density at radius 1 is 1.24 bits per heavy atom. The van der Waals surface area contributed by atoms with E-state index in [-0.39, 0.29) is 11.5 Å². The minimum absolute atomic E-state index is 0.124. The molecular formula is C12H14N4O. The van der Waals surface area contributed by atoms with Crippen molar-refractivity contribution in [2.75, 3.05) is 12.3 Å². The average Bonchev–Trinajstić information content (AvgIpc) is 2.31. The van der Waals surface area contributed by atoms with Gasteiger partial charge in [-0.3, -0.25) is 9.78 Å². The Kier molecular flexibility index (Phi) is 3.20. The quantitative estimate of drug-likeness (QED) is 0.716. The van der Waals surface area contributed by atoms with Gasteiger partial charge in [0.25, 0.3) is 5.56 Å². The van der Waals surface area contributed by atoms with Crippen molar-refractivity contribution in [2.24, 2.45) is 5.73 Å². The van der Waals surface area contributed by atoms with Crippen molar-refractivity contribution in [1.29, 1.82) is 0 Å². The Morgan fingerprint density at radius 3 is 2.53 bits per heavy atom. The van der Waals surface area contributed by atoms with Crippen molar-refractivity contribution in [1.82, 2.24) is 9.97 Å². The molecule has 0 saturated heterocycles. The zero-order chi connectivity index (χ0) is 12.3. The van der Waals surface area contributed by atoms with E-state index in [2.05, 4.69) is 9.97 Å². The molecule has 0 aliphatic rings. The zero-order valence-corrected chi connectivity index (χ0v) is 9.31. The molecule has 2 rings (SSSR count). The van der Waals surface area contributed by atoms with Crippen molar-refractivity contribution >= 4 is 5.95 Å². The standard InChI is InChI=1S/C12H14N4O/c13-6-5-8-1-3-9(4-2-8)10-7-15-12(14)16-11(10)17/h1-4,7H,5-6,13H2,(H3,14,15,16,17). The second-order valence-corrected chi connectivity index (χ2v) is 3.75. The van der Waals surface area contributed by atoms with Crippen molar-refractivity contribution in [3.8, 4) is 11.1 Å². The summed E-state index contributed by atoms with van der Waals surface area (Å²) in [6.07, 6.45) is 2.31. The van der Waals surface area contributed by atoms with Crippen LogP contribution in [0.5, 0.6) is 0 Å². The predicted octanol–water partition coefficient (Wildman–Crippen LogP) is 0.520. The highest BCUT2D eigenvalue weighted by Gasteiger charge is 2.04. The first-order valence-corrected chi connectivity index (χ1v) is 5.35. The van der Waals surface area contributed by atoms with Gasteiger partial charge in [-0.1, -0.05) is 24.3 Å². The molecule has 0 aliphatic carbocycles. The van der Waals surface area contributed by atoms with Gasteiger partial charge < -0.3 is 11.5 Å². The minimum Gasteiger partial charge on any atom is -0.369 e. The molecule has 5 nitrogen and oxygen atoms in total. The fraction of sp³-hybridized carbons (Fsp3) is 0.167. The fourth-order valence-corrected chi connectivity index (χ4v) is 1.63. The normalized spacial score (nSPS) is 10.4. The summed E-state index contributed by atoms with van der Waals surface area (Å²) in [7, 11) is 0. The molecule has 0 spiro atoms. The molecule has 88 valence electrons.